The van der Waals surface area contributed by atoms with Crippen molar-refractivity contribution in [1.82, 2.24) is 30.2 Å². The molecule has 0 aliphatic heterocycles. The maximum absolute atomic E-state index is 8.73. The first-order chi connectivity index (χ1) is 9.29. The van der Waals surface area contributed by atoms with E-state index in [0.717, 1.165) is 12.8 Å². The van der Waals surface area contributed by atoms with Crippen LogP contribution in [0.2, 0.25) is 0 Å². The molecule has 10 heteroatoms. The largest absolute Gasteiger partial charge is 0.409 e. The molecule has 3 rings (SSSR count). The van der Waals surface area contributed by atoms with Crippen LogP contribution in [0.25, 0.3) is 0 Å². The van der Waals surface area contributed by atoms with E-state index in [1.165, 1.54) is 24.2 Å². The molecule has 0 atom stereocenters. The summed E-state index contributed by atoms with van der Waals surface area (Å²) in [5, 5.41) is 24.3. The second-order valence-electron chi connectivity index (χ2n) is 3.93. The topological polar surface area (TPSA) is 128 Å². The van der Waals surface area contributed by atoms with Crippen molar-refractivity contribution < 1.29 is 5.21 Å². The lowest BCUT2D eigenvalue weighted by Gasteiger charge is -2.05. The summed E-state index contributed by atoms with van der Waals surface area (Å²) in [7, 11) is 0. The van der Waals surface area contributed by atoms with Gasteiger partial charge in [0.2, 0.25) is 5.16 Å². The molecule has 0 saturated heterocycles. The van der Waals surface area contributed by atoms with E-state index >= 15 is 0 Å². The SMILES string of the molecule is NC(=NO)c1nccnc1Sc1nnnn1C1CC1. The summed E-state index contributed by atoms with van der Waals surface area (Å²) in [6.45, 7) is 0. The fraction of sp³-hybridized carbons (Fsp3) is 0.333. The molecule has 1 aliphatic carbocycles. The van der Waals surface area contributed by atoms with Gasteiger partial charge >= 0.3 is 0 Å². The number of aromatic nitrogens is 6. The van der Waals surface area contributed by atoms with Gasteiger partial charge in [0.1, 0.15) is 10.7 Å². The Hall–Kier alpha value is -2.23. The van der Waals surface area contributed by atoms with Gasteiger partial charge in [0.15, 0.2) is 5.84 Å². The average molecular weight is 278 g/mol. The van der Waals surface area contributed by atoms with Gasteiger partial charge in [0.25, 0.3) is 0 Å². The highest BCUT2D eigenvalue weighted by Crippen LogP contribution is 2.37. The normalized spacial score (nSPS) is 15.7. The zero-order chi connectivity index (χ0) is 13.2. The second kappa shape index (κ2) is 4.80. The molecule has 19 heavy (non-hydrogen) atoms. The minimum Gasteiger partial charge on any atom is -0.409 e. The van der Waals surface area contributed by atoms with Gasteiger partial charge in [0, 0.05) is 12.4 Å². The van der Waals surface area contributed by atoms with Crippen LogP contribution in [0.1, 0.15) is 24.6 Å². The number of oxime groups is 1. The minimum atomic E-state index is -0.0963. The van der Waals surface area contributed by atoms with Crippen molar-refractivity contribution in [2.24, 2.45) is 10.9 Å². The Labute approximate surface area is 111 Å². The number of tetrazole rings is 1. The maximum Gasteiger partial charge on any atom is 0.215 e. The monoisotopic (exact) mass is 278 g/mol. The predicted octanol–water partition coefficient (Wildman–Crippen LogP) is 0.0437. The van der Waals surface area contributed by atoms with Gasteiger partial charge in [-0.05, 0) is 35.0 Å². The predicted molar refractivity (Wildman–Crippen MR) is 64.8 cm³/mol. The highest BCUT2D eigenvalue weighted by Gasteiger charge is 2.28. The number of nitrogens with zero attached hydrogens (tertiary/aromatic N) is 7. The molecular weight excluding hydrogens is 268 g/mol. The van der Waals surface area contributed by atoms with Gasteiger partial charge in [-0.15, -0.1) is 5.10 Å². The quantitative estimate of drug-likeness (QED) is 0.347. The summed E-state index contributed by atoms with van der Waals surface area (Å²) in [6, 6.07) is 0.362. The van der Waals surface area contributed by atoms with E-state index in [0.29, 0.717) is 21.9 Å². The molecule has 0 amide bonds. The van der Waals surface area contributed by atoms with Crippen LogP contribution < -0.4 is 5.73 Å². The minimum absolute atomic E-state index is 0.0963. The van der Waals surface area contributed by atoms with Gasteiger partial charge in [0.05, 0.1) is 6.04 Å². The highest BCUT2D eigenvalue weighted by molar-refractivity contribution is 7.99. The van der Waals surface area contributed by atoms with Crippen LogP contribution in [0.3, 0.4) is 0 Å². The molecule has 0 bridgehead atoms. The zero-order valence-electron chi connectivity index (χ0n) is 9.71. The van der Waals surface area contributed by atoms with E-state index in [-0.39, 0.29) is 5.84 Å². The molecule has 0 unspecified atom stereocenters. The Morgan fingerprint density at radius 1 is 1.42 bits per heavy atom. The molecule has 9 nitrogen and oxygen atoms in total. The van der Waals surface area contributed by atoms with Crippen LogP contribution in [0, 0.1) is 0 Å². The Morgan fingerprint density at radius 2 is 2.21 bits per heavy atom. The van der Waals surface area contributed by atoms with Crippen molar-refractivity contribution in [3.63, 3.8) is 0 Å². The molecule has 1 aliphatic rings. The number of amidine groups is 1. The molecule has 0 radical (unpaired) electrons. The lowest BCUT2D eigenvalue weighted by Crippen LogP contribution is -2.17. The molecule has 2 aromatic heterocycles. The van der Waals surface area contributed by atoms with Crippen molar-refractivity contribution >= 4 is 17.6 Å². The fourth-order valence-electron chi connectivity index (χ4n) is 1.51. The standard InChI is InChI=1S/C9H10N8OS/c10-7(14-18)6-8(12-4-3-11-6)19-9-13-15-16-17(9)5-1-2-5/h3-5,18H,1-2H2,(H2,10,14). The van der Waals surface area contributed by atoms with Gasteiger partial charge in [-0.1, -0.05) is 5.16 Å². The Morgan fingerprint density at radius 3 is 2.95 bits per heavy atom. The van der Waals surface area contributed by atoms with Crippen molar-refractivity contribution in [2.45, 2.75) is 29.1 Å². The number of hydrogen-bond donors (Lipinski definition) is 2. The second-order valence-corrected chi connectivity index (χ2v) is 4.89. The molecule has 3 N–H and O–H groups in total. The Kier molecular flexibility index (Phi) is 2.99. The van der Waals surface area contributed by atoms with Crippen molar-refractivity contribution in [3.05, 3.63) is 18.1 Å². The van der Waals surface area contributed by atoms with Crippen LogP contribution in [0.5, 0.6) is 0 Å². The molecule has 2 aromatic rings. The van der Waals surface area contributed by atoms with E-state index in [2.05, 4.69) is 30.6 Å². The average Bonchev–Trinajstić information content (AvgIpc) is 3.19. The third-order valence-electron chi connectivity index (χ3n) is 2.56. The zero-order valence-corrected chi connectivity index (χ0v) is 10.5. The maximum atomic E-state index is 8.73. The summed E-state index contributed by atoms with van der Waals surface area (Å²) in [5.74, 6) is -0.0963. The van der Waals surface area contributed by atoms with Crippen LogP contribution in [-0.2, 0) is 0 Å². The lowest BCUT2D eigenvalue weighted by molar-refractivity contribution is 0.318. The van der Waals surface area contributed by atoms with Crippen LogP contribution >= 0.6 is 11.8 Å². The summed E-state index contributed by atoms with van der Waals surface area (Å²) in [6.07, 6.45) is 5.15. The smallest absolute Gasteiger partial charge is 0.215 e. The lowest BCUT2D eigenvalue weighted by atomic mass is 10.4. The van der Waals surface area contributed by atoms with Gasteiger partial charge < -0.3 is 10.9 Å². The Balaban J connectivity index is 1.92. The van der Waals surface area contributed by atoms with E-state index in [9.17, 15) is 0 Å². The van der Waals surface area contributed by atoms with Crippen molar-refractivity contribution in [3.8, 4) is 0 Å². The summed E-state index contributed by atoms with van der Waals surface area (Å²) in [4.78, 5) is 8.21. The molecule has 1 saturated carbocycles. The van der Waals surface area contributed by atoms with Crippen molar-refractivity contribution in [2.75, 3.05) is 0 Å². The molecule has 0 aromatic carbocycles. The fourth-order valence-corrected chi connectivity index (χ4v) is 2.41. The van der Waals surface area contributed by atoms with Crippen LogP contribution in [0.15, 0.2) is 27.7 Å². The molecular formula is C9H10N8OS. The van der Waals surface area contributed by atoms with Gasteiger partial charge in [-0.25, -0.2) is 14.6 Å². The van der Waals surface area contributed by atoms with E-state index in [4.69, 9.17) is 10.9 Å². The number of hydrogen-bond acceptors (Lipinski definition) is 8. The number of rotatable bonds is 4. The summed E-state index contributed by atoms with van der Waals surface area (Å²) in [5.41, 5.74) is 5.87. The summed E-state index contributed by atoms with van der Waals surface area (Å²) < 4.78 is 1.76. The first-order valence-electron chi connectivity index (χ1n) is 5.54. The molecule has 0 spiro atoms. The molecule has 1 fully saturated rings. The van der Waals surface area contributed by atoms with Gasteiger partial charge in [-0.2, -0.15) is 0 Å². The summed E-state index contributed by atoms with van der Waals surface area (Å²) >= 11 is 1.24. The van der Waals surface area contributed by atoms with Gasteiger partial charge in [-0.3, -0.25) is 0 Å². The van der Waals surface area contributed by atoms with Crippen LogP contribution in [0.4, 0.5) is 0 Å². The van der Waals surface area contributed by atoms with E-state index in [1.54, 1.807) is 4.68 Å². The highest BCUT2D eigenvalue weighted by atomic mass is 32.2. The van der Waals surface area contributed by atoms with Crippen LogP contribution in [-0.4, -0.2) is 41.2 Å². The van der Waals surface area contributed by atoms with Crippen molar-refractivity contribution in [1.29, 1.82) is 0 Å². The Bertz CT molecular complexity index is 622. The molecule has 98 valence electrons. The molecule has 2 heterocycles. The third-order valence-corrected chi connectivity index (χ3v) is 3.50. The van der Waals surface area contributed by atoms with E-state index in [1.807, 2.05) is 0 Å². The first-order valence-corrected chi connectivity index (χ1v) is 6.36. The van der Waals surface area contributed by atoms with E-state index < -0.39 is 0 Å². The first kappa shape index (κ1) is 11.8. The third kappa shape index (κ3) is 2.34. The number of nitrogens with two attached hydrogens (primary N) is 1.